The van der Waals surface area contributed by atoms with Crippen molar-refractivity contribution in [2.75, 3.05) is 6.61 Å². The van der Waals surface area contributed by atoms with Gasteiger partial charge in [0, 0.05) is 5.56 Å². The molecule has 2 saturated carbocycles. The molecule has 3 atom stereocenters. The van der Waals surface area contributed by atoms with Gasteiger partial charge in [-0.05, 0) is 53.9 Å². The molecule has 0 aliphatic heterocycles. The molecule has 2 bridgehead atoms. The van der Waals surface area contributed by atoms with E-state index in [1.807, 2.05) is 18.2 Å². The summed E-state index contributed by atoms with van der Waals surface area (Å²) >= 11 is 0. The van der Waals surface area contributed by atoms with Crippen LogP contribution in [0.25, 0.3) is 10.8 Å². The second-order valence-electron chi connectivity index (χ2n) is 6.67. The Morgan fingerprint density at radius 3 is 2.71 bits per heavy atom. The van der Waals surface area contributed by atoms with Crippen LogP contribution < -0.4 is 4.74 Å². The minimum absolute atomic E-state index is 0.0351. The Bertz CT molecular complexity index is 649. The molecule has 0 aromatic heterocycles. The number of benzene rings is 2. The van der Waals surface area contributed by atoms with Crippen molar-refractivity contribution in [2.24, 2.45) is 17.8 Å². The highest BCUT2D eigenvalue weighted by Gasteiger charge is 2.39. The number of hydrogen-bond donors (Lipinski definition) is 1. The Labute approximate surface area is 125 Å². The van der Waals surface area contributed by atoms with Gasteiger partial charge in [-0.15, -0.1) is 0 Å². The fourth-order valence-corrected chi connectivity index (χ4v) is 4.39. The third kappa shape index (κ3) is 2.32. The lowest BCUT2D eigenvalue weighted by Gasteiger charge is -2.22. The second kappa shape index (κ2) is 5.34. The van der Waals surface area contributed by atoms with Crippen LogP contribution in [0.4, 0.5) is 0 Å². The second-order valence-corrected chi connectivity index (χ2v) is 6.67. The van der Waals surface area contributed by atoms with Crippen molar-refractivity contribution in [1.82, 2.24) is 0 Å². The number of fused-ring (bicyclic) bond motifs is 3. The van der Waals surface area contributed by atoms with E-state index < -0.39 is 0 Å². The lowest BCUT2D eigenvalue weighted by atomic mass is 9.89. The van der Waals surface area contributed by atoms with Crippen LogP contribution in [0.3, 0.4) is 0 Å². The predicted octanol–water partition coefficient (Wildman–Crippen LogP) is 4.15. The van der Waals surface area contributed by atoms with Crippen molar-refractivity contribution in [3.05, 3.63) is 42.0 Å². The van der Waals surface area contributed by atoms with E-state index >= 15 is 0 Å². The highest BCUT2D eigenvalue weighted by atomic mass is 16.5. The van der Waals surface area contributed by atoms with Crippen molar-refractivity contribution < 1.29 is 9.84 Å². The maximum absolute atomic E-state index is 9.73. The molecule has 2 nitrogen and oxygen atoms in total. The fourth-order valence-electron chi connectivity index (χ4n) is 4.39. The summed E-state index contributed by atoms with van der Waals surface area (Å²) in [6.45, 7) is 0.847. The van der Waals surface area contributed by atoms with Gasteiger partial charge in [0.15, 0.2) is 0 Å². The molecule has 2 aliphatic rings. The van der Waals surface area contributed by atoms with Crippen LogP contribution in [0.1, 0.15) is 31.2 Å². The van der Waals surface area contributed by atoms with Crippen LogP contribution >= 0.6 is 0 Å². The molecule has 2 aromatic carbocycles. The summed E-state index contributed by atoms with van der Waals surface area (Å²) in [4.78, 5) is 0. The zero-order valence-corrected chi connectivity index (χ0v) is 12.3. The Morgan fingerprint density at radius 2 is 1.95 bits per heavy atom. The molecule has 2 fully saturated rings. The van der Waals surface area contributed by atoms with Crippen LogP contribution in [0.5, 0.6) is 5.75 Å². The summed E-state index contributed by atoms with van der Waals surface area (Å²) in [6, 6.07) is 12.3. The first-order valence-corrected chi connectivity index (χ1v) is 8.09. The number of hydrogen-bond acceptors (Lipinski definition) is 2. The van der Waals surface area contributed by atoms with Crippen molar-refractivity contribution in [3.63, 3.8) is 0 Å². The van der Waals surface area contributed by atoms with E-state index in [9.17, 15) is 5.11 Å². The molecule has 0 radical (unpaired) electrons. The number of aliphatic hydroxyl groups excluding tert-OH is 1. The molecule has 0 spiro atoms. The van der Waals surface area contributed by atoms with E-state index in [4.69, 9.17) is 4.74 Å². The summed E-state index contributed by atoms with van der Waals surface area (Å²) in [5, 5.41) is 12.0. The first-order valence-electron chi connectivity index (χ1n) is 8.09. The lowest BCUT2D eigenvalue weighted by molar-refractivity contribution is 0.190. The highest BCUT2D eigenvalue weighted by Crippen LogP contribution is 2.48. The number of ether oxygens (including phenoxy) is 1. The summed E-state index contributed by atoms with van der Waals surface area (Å²) < 4.78 is 6.11. The third-order valence-corrected chi connectivity index (χ3v) is 5.49. The molecule has 0 saturated heterocycles. The average molecular weight is 282 g/mol. The van der Waals surface area contributed by atoms with Gasteiger partial charge in [0.1, 0.15) is 5.75 Å². The van der Waals surface area contributed by atoms with Crippen LogP contribution in [0.2, 0.25) is 0 Å². The van der Waals surface area contributed by atoms with E-state index in [-0.39, 0.29) is 6.61 Å². The molecule has 0 heterocycles. The van der Waals surface area contributed by atoms with Gasteiger partial charge >= 0.3 is 0 Å². The van der Waals surface area contributed by atoms with E-state index in [0.717, 1.165) is 46.4 Å². The van der Waals surface area contributed by atoms with Gasteiger partial charge in [-0.3, -0.25) is 0 Å². The normalized spacial score (nSPS) is 27.4. The first-order chi connectivity index (χ1) is 10.3. The first kappa shape index (κ1) is 13.1. The lowest BCUT2D eigenvalue weighted by Crippen LogP contribution is -2.19. The van der Waals surface area contributed by atoms with Crippen molar-refractivity contribution >= 4 is 10.8 Å². The van der Waals surface area contributed by atoms with Crippen molar-refractivity contribution in [3.8, 4) is 5.75 Å². The quantitative estimate of drug-likeness (QED) is 0.913. The van der Waals surface area contributed by atoms with E-state index in [2.05, 4.69) is 18.2 Å². The SMILES string of the molecule is OCc1c(OCC2CC3CCC2C3)ccc2ccccc12. The molecule has 4 rings (SSSR count). The van der Waals surface area contributed by atoms with E-state index in [1.165, 1.54) is 25.7 Å². The molecule has 3 unspecified atom stereocenters. The van der Waals surface area contributed by atoms with Gasteiger partial charge < -0.3 is 9.84 Å². The largest absolute Gasteiger partial charge is 0.493 e. The molecule has 2 aromatic rings. The molecular weight excluding hydrogens is 260 g/mol. The van der Waals surface area contributed by atoms with Gasteiger partial charge in [-0.1, -0.05) is 36.8 Å². The smallest absolute Gasteiger partial charge is 0.125 e. The van der Waals surface area contributed by atoms with Crippen LogP contribution in [-0.4, -0.2) is 11.7 Å². The molecular formula is C19H22O2. The fraction of sp³-hybridized carbons (Fsp3) is 0.474. The Balaban J connectivity index is 1.56. The topological polar surface area (TPSA) is 29.5 Å². The molecule has 2 aliphatic carbocycles. The van der Waals surface area contributed by atoms with Gasteiger partial charge in [0.2, 0.25) is 0 Å². The molecule has 0 amide bonds. The minimum atomic E-state index is 0.0351. The summed E-state index contributed by atoms with van der Waals surface area (Å²) in [7, 11) is 0. The Morgan fingerprint density at radius 1 is 1.05 bits per heavy atom. The van der Waals surface area contributed by atoms with Crippen LogP contribution in [0, 0.1) is 17.8 Å². The molecule has 1 N–H and O–H groups in total. The maximum Gasteiger partial charge on any atom is 0.125 e. The molecule has 21 heavy (non-hydrogen) atoms. The van der Waals surface area contributed by atoms with Crippen molar-refractivity contribution in [1.29, 1.82) is 0 Å². The average Bonchev–Trinajstić information content (AvgIpc) is 3.15. The standard InChI is InChI=1S/C19H22O2/c20-11-18-17-4-2-1-3-14(17)7-8-19(18)21-12-16-10-13-5-6-15(16)9-13/h1-4,7-8,13,15-16,20H,5-6,9-12H2. The van der Waals surface area contributed by atoms with Crippen LogP contribution in [0.15, 0.2) is 36.4 Å². The Kier molecular flexibility index (Phi) is 3.34. The number of aliphatic hydroxyl groups is 1. The van der Waals surface area contributed by atoms with Gasteiger partial charge in [-0.25, -0.2) is 0 Å². The Hall–Kier alpha value is -1.54. The monoisotopic (exact) mass is 282 g/mol. The third-order valence-electron chi connectivity index (χ3n) is 5.49. The van der Waals surface area contributed by atoms with Gasteiger partial charge in [0.05, 0.1) is 13.2 Å². The van der Waals surface area contributed by atoms with E-state index in [1.54, 1.807) is 0 Å². The number of rotatable bonds is 4. The summed E-state index contributed by atoms with van der Waals surface area (Å²) in [6.07, 6.45) is 5.58. The summed E-state index contributed by atoms with van der Waals surface area (Å²) in [5.41, 5.74) is 0.927. The van der Waals surface area contributed by atoms with Gasteiger partial charge in [-0.2, -0.15) is 0 Å². The molecule has 110 valence electrons. The highest BCUT2D eigenvalue weighted by molar-refractivity contribution is 5.87. The maximum atomic E-state index is 9.73. The van der Waals surface area contributed by atoms with E-state index in [0.29, 0.717) is 0 Å². The van der Waals surface area contributed by atoms with Gasteiger partial charge in [0.25, 0.3) is 0 Å². The van der Waals surface area contributed by atoms with Crippen LogP contribution in [-0.2, 0) is 6.61 Å². The predicted molar refractivity (Wildman–Crippen MR) is 84.3 cm³/mol. The van der Waals surface area contributed by atoms with Crippen molar-refractivity contribution in [2.45, 2.75) is 32.3 Å². The summed E-state index contributed by atoms with van der Waals surface area (Å²) in [5.74, 6) is 3.42. The minimum Gasteiger partial charge on any atom is -0.493 e. The zero-order chi connectivity index (χ0) is 14.2. The zero-order valence-electron chi connectivity index (χ0n) is 12.3. The molecule has 2 heteroatoms.